The lowest BCUT2D eigenvalue weighted by Gasteiger charge is -2.15. The van der Waals surface area contributed by atoms with E-state index in [0.29, 0.717) is 17.1 Å². The molecule has 0 aliphatic carbocycles. The first-order valence-electron chi connectivity index (χ1n) is 5.33. The number of methoxy groups -OCH3 is 2. The summed E-state index contributed by atoms with van der Waals surface area (Å²) in [6, 6.07) is 5.03. The number of para-hydroxylation sites is 1. The number of benzene rings is 1. The summed E-state index contributed by atoms with van der Waals surface area (Å²) in [6.45, 7) is 0. The minimum Gasteiger partial charge on any atom is -0.493 e. The van der Waals surface area contributed by atoms with Crippen LogP contribution in [0.4, 0.5) is 0 Å². The van der Waals surface area contributed by atoms with Crippen molar-refractivity contribution in [3.63, 3.8) is 0 Å². The van der Waals surface area contributed by atoms with E-state index in [2.05, 4.69) is 0 Å². The van der Waals surface area contributed by atoms with Gasteiger partial charge in [-0.1, -0.05) is 12.1 Å². The number of carbonyl (C=O) groups is 1. The Balaban J connectivity index is 2.46. The van der Waals surface area contributed by atoms with Gasteiger partial charge in [-0.25, -0.2) is 0 Å². The molecular formula is C12H14N2O4. The Morgan fingerprint density at radius 1 is 1.33 bits per heavy atom. The quantitative estimate of drug-likeness (QED) is 0.874. The zero-order valence-electron chi connectivity index (χ0n) is 10.4. The van der Waals surface area contributed by atoms with E-state index < -0.39 is 6.10 Å². The number of carbonyl (C=O) groups excluding carboxylic acids is 1. The van der Waals surface area contributed by atoms with Crippen LogP contribution < -0.4 is 9.47 Å². The second-order valence-electron chi connectivity index (χ2n) is 3.78. The van der Waals surface area contributed by atoms with Crippen LogP contribution in [-0.4, -0.2) is 38.1 Å². The Morgan fingerprint density at radius 3 is 2.56 bits per heavy atom. The van der Waals surface area contributed by atoms with Crippen LogP contribution in [0.5, 0.6) is 11.5 Å². The van der Waals surface area contributed by atoms with Gasteiger partial charge in [-0.15, -0.1) is 0 Å². The molecule has 1 amide bonds. The van der Waals surface area contributed by atoms with E-state index in [9.17, 15) is 4.79 Å². The first-order chi connectivity index (χ1) is 8.60. The van der Waals surface area contributed by atoms with Crippen LogP contribution in [-0.2, 0) is 9.53 Å². The summed E-state index contributed by atoms with van der Waals surface area (Å²) in [5.41, 5.74) is 0.552. The van der Waals surface area contributed by atoms with Gasteiger partial charge in [0.1, 0.15) is 0 Å². The van der Waals surface area contributed by atoms with E-state index in [1.54, 1.807) is 18.2 Å². The zero-order chi connectivity index (χ0) is 13.3. The lowest BCUT2D eigenvalue weighted by Crippen LogP contribution is -2.25. The number of amidine groups is 1. The highest BCUT2D eigenvalue weighted by molar-refractivity contribution is 6.01. The smallest absolute Gasteiger partial charge is 0.292 e. The first-order valence-corrected chi connectivity index (χ1v) is 5.33. The summed E-state index contributed by atoms with van der Waals surface area (Å²) in [5.74, 6) is 0.667. The van der Waals surface area contributed by atoms with Crippen molar-refractivity contribution in [2.24, 2.45) is 0 Å². The molecule has 1 aromatic carbocycles. The topological polar surface area (TPSA) is 71.9 Å². The minimum atomic E-state index is -0.854. The molecule has 1 saturated heterocycles. The van der Waals surface area contributed by atoms with E-state index in [4.69, 9.17) is 19.6 Å². The standard InChI is InChI=1S/C12H14N2O4/c1-14-11(15)10(18-12(14)13)7-5-4-6-8(16-2)9(7)17-3/h4-6,10,13H,1-3H3. The molecular weight excluding hydrogens is 236 g/mol. The minimum absolute atomic E-state index is 0.171. The van der Waals surface area contributed by atoms with Gasteiger partial charge in [0.15, 0.2) is 11.5 Å². The molecule has 0 spiro atoms. The summed E-state index contributed by atoms with van der Waals surface area (Å²) in [5, 5.41) is 7.50. The molecule has 18 heavy (non-hydrogen) atoms. The number of likely N-dealkylation sites (N-methyl/N-ethyl adjacent to an activating group) is 1. The molecule has 6 nitrogen and oxygen atoms in total. The molecule has 96 valence electrons. The molecule has 1 unspecified atom stereocenters. The summed E-state index contributed by atoms with van der Waals surface area (Å²) >= 11 is 0. The second kappa shape index (κ2) is 4.56. The molecule has 1 atom stereocenters. The number of ether oxygens (including phenoxy) is 3. The third-order valence-electron chi connectivity index (χ3n) is 2.80. The van der Waals surface area contributed by atoms with E-state index >= 15 is 0 Å². The highest BCUT2D eigenvalue weighted by Gasteiger charge is 2.39. The van der Waals surface area contributed by atoms with E-state index in [0.717, 1.165) is 4.90 Å². The monoisotopic (exact) mass is 250 g/mol. The highest BCUT2D eigenvalue weighted by atomic mass is 16.5. The Hall–Kier alpha value is -2.24. The van der Waals surface area contributed by atoms with Crippen molar-refractivity contribution in [2.75, 3.05) is 21.3 Å². The van der Waals surface area contributed by atoms with E-state index in [-0.39, 0.29) is 11.9 Å². The van der Waals surface area contributed by atoms with Gasteiger partial charge in [-0.2, -0.15) is 0 Å². The fourth-order valence-electron chi connectivity index (χ4n) is 1.83. The lowest BCUT2D eigenvalue weighted by molar-refractivity contribution is -0.129. The first kappa shape index (κ1) is 12.2. The van der Waals surface area contributed by atoms with Gasteiger partial charge in [-0.3, -0.25) is 15.1 Å². The average molecular weight is 250 g/mol. The Morgan fingerprint density at radius 2 is 2.06 bits per heavy atom. The third-order valence-corrected chi connectivity index (χ3v) is 2.80. The maximum Gasteiger partial charge on any atom is 0.292 e. The fourth-order valence-corrected chi connectivity index (χ4v) is 1.83. The molecule has 0 aromatic heterocycles. The van der Waals surface area contributed by atoms with Gasteiger partial charge in [0.05, 0.1) is 14.2 Å². The summed E-state index contributed by atoms with van der Waals surface area (Å²) in [7, 11) is 4.51. The number of hydrogen-bond acceptors (Lipinski definition) is 5. The average Bonchev–Trinajstić information content (AvgIpc) is 2.65. The predicted molar refractivity (Wildman–Crippen MR) is 63.9 cm³/mol. The molecule has 1 aliphatic heterocycles. The van der Waals surface area contributed by atoms with E-state index in [1.165, 1.54) is 21.3 Å². The normalized spacial score (nSPS) is 18.8. The third kappa shape index (κ3) is 1.75. The number of nitrogens with zero attached hydrogens (tertiary/aromatic N) is 1. The molecule has 1 N–H and O–H groups in total. The maximum atomic E-state index is 11.9. The summed E-state index contributed by atoms with van der Waals surface area (Å²) in [6.07, 6.45) is -0.854. The molecule has 1 aliphatic rings. The van der Waals surface area contributed by atoms with Crippen LogP contribution in [0.2, 0.25) is 0 Å². The van der Waals surface area contributed by atoms with Crippen molar-refractivity contribution in [1.82, 2.24) is 4.90 Å². The summed E-state index contributed by atoms with van der Waals surface area (Å²) < 4.78 is 15.7. The van der Waals surface area contributed by atoms with Gasteiger partial charge in [-0.05, 0) is 6.07 Å². The van der Waals surface area contributed by atoms with Crippen molar-refractivity contribution in [1.29, 1.82) is 5.41 Å². The van der Waals surface area contributed by atoms with E-state index in [1.807, 2.05) is 0 Å². The SMILES string of the molecule is COc1cccc(C2OC(=N)N(C)C2=O)c1OC. The predicted octanol–water partition coefficient (Wildman–Crippen LogP) is 1.17. The van der Waals surface area contributed by atoms with Gasteiger partial charge in [0.2, 0.25) is 6.10 Å². The largest absolute Gasteiger partial charge is 0.493 e. The second-order valence-corrected chi connectivity index (χ2v) is 3.78. The van der Waals surface area contributed by atoms with Gasteiger partial charge < -0.3 is 14.2 Å². The van der Waals surface area contributed by atoms with Crippen LogP contribution >= 0.6 is 0 Å². The molecule has 0 bridgehead atoms. The number of nitrogens with one attached hydrogen (secondary N) is 1. The molecule has 1 heterocycles. The van der Waals surface area contributed by atoms with Gasteiger partial charge in [0.25, 0.3) is 11.9 Å². The van der Waals surface area contributed by atoms with Crippen LogP contribution in [0.3, 0.4) is 0 Å². The summed E-state index contributed by atoms with van der Waals surface area (Å²) in [4.78, 5) is 13.1. The molecule has 6 heteroatoms. The van der Waals surface area contributed by atoms with Crippen LogP contribution in [0, 0.1) is 5.41 Å². The fraction of sp³-hybridized carbons (Fsp3) is 0.333. The van der Waals surface area contributed by atoms with Crippen LogP contribution in [0.25, 0.3) is 0 Å². The van der Waals surface area contributed by atoms with Crippen molar-refractivity contribution in [2.45, 2.75) is 6.10 Å². The Bertz CT molecular complexity index is 501. The van der Waals surface area contributed by atoms with Crippen LogP contribution in [0.1, 0.15) is 11.7 Å². The molecule has 2 rings (SSSR count). The van der Waals surface area contributed by atoms with Crippen molar-refractivity contribution in [3.8, 4) is 11.5 Å². The maximum absolute atomic E-state index is 11.9. The van der Waals surface area contributed by atoms with Crippen molar-refractivity contribution < 1.29 is 19.0 Å². The Kier molecular flexibility index (Phi) is 3.10. The van der Waals surface area contributed by atoms with Gasteiger partial charge in [0, 0.05) is 12.6 Å². The Labute approximate surface area is 105 Å². The number of amides is 1. The highest BCUT2D eigenvalue weighted by Crippen LogP contribution is 2.38. The molecule has 1 fully saturated rings. The van der Waals surface area contributed by atoms with Gasteiger partial charge >= 0.3 is 0 Å². The molecule has 1 aromatic rings. The molecule has 0 saturated carbocycles. The number of hydrogen-bond donors (Lipinski definition) is 1. The number of rotatable bonds is 3. The lowest BCUT2D eigenvalue weighted by atomic mass is 10.1. The van der Waals surface area contributed by atoms with Crippen LogP contribution in [0.15, 0.2) is 18.2 Å². The van der Waals surface area contributed by atoms with Crippen molar-refractivity contribution in [3.05, 3.63) is 23.8 Å². The zero-order valence-corrected chi connectivity index (χ0v) is 10.4. The molecule has 0 radical (unpaired) electrons. The van der Waals surface area contributed by atoms with Crippen molar-refractivity contribution >= 4 is 11.9 Å².